The van der Waals surface area contributed by atoms with Gasteiger partial charge in [0.2, 0.25) is 0 Å². The van der Waals surface area contributed by atoms with Crippen molar-refractivity contribution in [3.63, 3.8) is 0 Å². The van der Waals surface area contributed by atoms with Gasteiger partial charge in [0, 0.05) is 9.79 Å². The number of carbonyl (C=O) groups excluding carboxylic acids is 1. The fourth-order valence-corrected chi connectivity index (χ4v) is 2.60. The molecule has 3 nitrogen and oxygen atoms in total. The zero-order valence-corrected chi connectivity index (χ0v) is 12.5. The van der Waals surface area contributed by atoms with Gasteiger partial charge >= 0.3 is 5.97 Å². The summed E-state index contributed by atoms with van der Waals surface area (Å²) in [5.74, 6) is -0.204. The lowest BCUT2D eigenvalue weighted by molar-refractivity contribution is -0.142. The molecule has 21 heavy (non-hydrogen) atoms. The summed E-state index contributed by atoms with van der Waals surface area (Å²) in [4.78, 5) is 13.6. The number of esters is 1. The van der Waals surface area contributed by atoms with Crippen LogP contribution in [0.5, 0.6) is 0 Å². The van der Waals surface area contributed by atoms with E-state index in [-0.39, 0.29) is 5.97 Å². The van der Waals surface area contributed by atoms with E-state index in [2.05, 4.69) is 6.07 Å². The van der Waals surface area contributed by atoms with Gasteiger partial charge in [0.25, 0.3) is 0 Å². The van der Waals surface area contributed by atoms with Gasteiger partial charge in [0.05, 0.1) is 24.7 Å². The average molecular weight is 297 g/mol. The Labute approximate surface area is 128 Å². The van der Waals surface area contributed by atoms with E-state index in [0.29, 0.717) is 18.6 Å². The lowest BCUT2D eigenvalue weighted by Crippen LogP contribution is -2.07. The minimum absolute atomic E-state index is 0.204. The highest BCUT2D eigenvalue weighted by molar-refractivity contribution is 7.99. The third kappa shape index (κ3) is 4.66. The zero-order chi connectivity index (χ0) is 15.1. The normalized spacial score (nSPS) is 9.90. The maximum absolute atomic E-state index is 11.4. The molecular weight excluding hydrogens is 282 g/mol. The number of benzene rings is 2. The van der Waals surface area contributed by atoms with Crippen LogP contribution in [0, 0.1) is 11.3 Å². The number of rotatable bonds is 5. The summed E-state index contributed by atoms with van der Waals surface area (Å²) in [5.41, 5.74) is 1.60. The molecule has 4 heteroatoms. The molecule has 0 unspecified atom stereocenters. The number of hydrogen-bond acceptors (Lipinski definition) is 4. The number of nitriles is 1. The van der Waals surface area contributed by atoms with Crippen LogP contribution in [0.4, 0.5) is 0 Å². The van der Waals surface area contributed by atoms with Gasteiger partial charge in [-0.15, -0.1) is 0 Å². The molecule has 0 aliphatic heterocycles. The van der Waals surface area contributed by atoms with E-state index in [1.807, 2.05) is 36.4 Å². The van der Waals surface area contributed by atoms with E-state index >= 15 is 0 Å². The molecular formula is C17H15NO2S. The first-order valence-electron chi connectivity index (χ1n) is 6.64. The Kier molecular flexibility index (Phi) is 5.42. The van der Waals surface area contributed by atoms with Gasteiger partial charge < -0.3 is 4.74 Å². The highest BCUT2D eigenvalue weighted by Crippen LogP contribution is 2.27. The van der Waals surface area contributed by atoms with Crippen molar-refractivity contribution in [2.45, 2.75) is 23.1 Å². The van der Waals surface area contributed by atoms with Crippen LogP contribution in [0.15, 0.2) is 58.3 Å². The van der Waals surface area contributed by atoms with Crippen molar-refractivity contribution in [3.8, 4) is 6.07 Å². The topological polar surface area (TPSA) is 50.1 Å². The molecule has 0 radical (unpaired) electrons. The molecule has 2 aromatic rings. The molecule has 0 spiro atoms. The fourth-order valence-electron chi connectivity index (χ4n) is 1.79. The van der Waals surface area contributed by atoms with E-state index in [1.54, 1.807) is 30.8 Å². The Balaban J connectivity index is 1.98. The Morgan fingerprint density at radius 3 is 2.19 bits per heavy atom. The molecule has 106 valence electrons. The minimum Gasteiger partial charge on any atom is -0.466 e. The van der Waals surface area contributed by atoms with Gasteiger partial charge in [-0.25, -0.2) is 0 Å². The first-order chi connectivity index (χ1) is 10.2. The second-order valence-electron chi connectivity index (χ2n) is 4.36. The van der Waals surface area contributed by atoms with Crippen LogP contribution in [0.2, 0.25) is 0 Å². The van der Waals surface area contributed by atoms with Crippen molar-refractivity contribution in [1.29, 1.82) is 5.26 Å². The molecule has 2 rings (SSSR count). The van der Waals surface area contributed by atoms with Crippen molar-refractivity contribution >= 4 is 17.7 Å². The van der Waals surface area contributed by atoms with Crippen LogP contribution in [0.25, 0.3) is 0 Å². The predicted octanol–water partition coefficient (Wildman–Crippen LogP) is 3.82. The molecule has 0 amide bonds. The predicted molar refractivity (Wildman–Crippen MR) is 82.1 cm³/mol. The Bertz CT molecular complexity index is 642. The molecule has 0 saturated carbocycles. The molecule has 0 fully saturated rings. The van der Waals surface area contributed by atoms with Crippen LogP contribution in [0.1, 0.15) is 18.1 Å². The summed E-state index contributed by atoms with van der Waals surface area (Å²) in [6, 6.07) is 17.4. The van der Waals surface area contributed by atoms with Crippen molar-refractivity contribution < 1.29 is 9.53 Å². The van der Waals surface area contributed by atoms with E-state index in [9.17, 15) is 4.79 Å². The van der Waals surface area contributed by atoms with Crippen molar-refractivity contribution in [2.75, 3.05) is 6.61 Å². The first kappa shape index (κ1) is 15.1. The minimum atomic E-state index is -0.204. The van der Waals surface area contributed by atoms with Crippen molar-refractivity contribution in [3.05, 3.63) is 59.7 Å². The fraction of sp³-hybridized carbons (Fsp3) is 0.176. The maximum Gasteiger partial charge on any atom is 0.310 e. The van der Waals surface area contributed by atoms with Gasteiger partial charge in [-0.2, -0.15) is 5.26 Å². The summed E-state index contributed by atoms with van der Waals surface area (Å²) in [6.45, 7) is 2.21. The first-order valence-corrected chi connectivity index (χ1v) is 7.45. The van der Waals surface area contributed by atoms with Gasteiger partial charge in [-0.3, -0.25) is 4.79 Å². The van der Waals surface area contributed by atoms with E-state index < -0.39 is 0 Å². The summed E-state index contributed by atoms with van der Waals surface area (Å²) >= 11 is 1.62. The summed E-state index contributed by atoms with van der Waals surface area (Å²) in [6.07, 6.45) is 0.301. The van der Waals surface area contributed by atoms with Crippen LogP contribution >= 0.6 is 11.8 Å². The summed E-state index contributed by atoms with van der Waals surface area (Å²) in [5, 5.41) is 8.76. The van der Waals surface area contributed by atoms with Gasteiger partial charge in [-0.1, -0.05) is 23.9 Å². The van der Waals surface area contributed by atoms with Gasteiger partial charge in [-0.05, 0) is 48.9 Å². The van der Waals surface area contributed by atoms with Crippen LogP contribution in [-0.2, 0) is 16.0 Å². The molecule has 0 aliphatic rings. The maximum atomic E-state index is 11.4. The lowest BCUT2D eigenvalue weighted by atomic mass is 10.1. The van der Waals surface area contributed by atoms with E-state index in [0.717, 1.165) is 15.4 Å². The van der Waals surface area contributed by atoms with E-state index in [4.69, 9.17) is 10.00 Å². The third-order valence-electron chi connectivity index (χ3n) is 2.80. The number of ether oxygens (including phenoxy) is 1. The second kappa shape index (κ2) is 7.51. The number of carbonyl (C=O) groups is 1. The third-order valence-corrected chi connectivity index (χ3v) is 3.81. The smallest absolute Gasteiger partial charge is 0.310 e. The summed E-state index contributed by atoms with van der Waals surface area (Å²) in [7, 11) is 0. The molecule has 0 N–H and O–H groups in total. The molecule has 0 aliphatic carbocycles. The molecule has 0 bridgehead atoms. The highest BCUT2D eigenvalue weighted by Gasteiger charge is 2.04. The number of nitrogens with zero attached hydrogens (tertiary/aromatic N) is 1. The second-order valence-corrected chi connectivity index (χ2v) is 5.51. The molecule has 0 saturated heterocycles. The lowest BCUT2D eigenvalue weighted by Gasteiger charge is -2.04. The van der Waals surface area contributed by atoms with Gasteiger partial charge in [0.15, 0.2) is 0 Å². The summed E-state index contributed by atoms with van der Waals surface area (Å²) < 4.78 is 4.92. The largest absolute Gasteiger partial charge is 0.466 e. The van der Waals surface area contributed by atoms with Crippen LogP contribution in [0.3, 0.4) is 0 Å². The quantitative estimate of drug-likeness (QED) is 0.787. The molecule has 0 atom stereocenters. The van der Waals surface area contributed by atoms with Crippen LogP contribution < -0.4 is 0 Å². The monoisotopic (exact) mass is 297 g/mol. The van der Waals surface area contributed by atoms with E-state index in [1.165, 1.54) is 0 Å². The van der Waals surface area contributed by atoms with Crippen molar-refractivity contribution in [1.82, 2.24) is 0 Å². The Morgan fingerprint density at radius 1 is 1.10 bits per heavy atom. The molecule has 2 aromatic carbocycles. The zero-order valence-electron chi connectivity index (χ0n) is 11.7. The SMILES string of the molecule is CCOC(=O)Cc1ccc(Sc2ccc(C#N)cc2)cc1. The molecule has 0 heterocycles. The standard InChI is InChI=1S/C17H15NO2S/c1-2-20-17(19)11-13-3-7-15(8-4-13)21-16-9-5-14(12-18)6-10-16/h3-10H,2,11H2,1H3. The average Bonchev–Trinajstić information content (AvgIpc) is 2.50. The van der Waals surface area contributed by atoms with Gasteiger partial charge in [0.1, 0.15) is 0 Å². The Morgan fingerprint density at radius 2 is 1.67 bits per heavy atom. The highest BCUT2D eigenvalue weighted by atomic mass is 32.2. The molecule has 0 aromatic heterocycles. The number of hydrogen-bond donors (Lipinski definition) is 0. The van der Waals surface area contributed by atoms with Crippen molar-refractivity contribution in [2.24, 2.45) is 0 Å². The van der Waals surface area contributed by atoms with Crippen LogP contribution in [-0.4, -0.2) is 12.6 Å². The Hall–Kier alpha value is -2.25.